The van der Waals surface area contributed by atoms with Crippen LogP contribution in [-0.2, 0) is 12.0 Å². The fourth-order valence-corrected chi connectivity index (χ4v) is 7.49. The summed E-state index contributed by atoms with van der Waals surface area (Å²) in [6, 6.07) is 15.2. The zero-order valence-corrected chi connectivity index (χ0v) is 18.9. The van der Waals surface area contributed by atoms with Crippen molar-refractivity contribution in [2.45, 2.75) is 63.3 Å². The summed E-state index contributed by atoms with van der Waals surface area (Å²) in [5.41, 5.74) is 1.05. The van der Waals surface area contributed by atoms with Crippen molar-refractivity contribution in [3.63, 3.8) is 0 Å². The first-order valence-electron chi connectivity index (χ1n) is 10.0. The lowest BCUT2D eigenvalue weighted by Crippen LogP contribution is -2.47. The number of benzene rings is 2. The van der Waals surface area contributed by atoms with Gasteiger partial charge in [0.2, 0.25) is 0 Å². The number of hydrogen-bond donors (Lipinski definition) is 2. The first-order valence-corrected chi connectivity index (χ1v) is 13.3. The first-order chi connectivity index (χ1) is 13.5. The summed E-state index contributed by atoms with van der Waals surface area (Å²) in [7, 11) is -2.13. The highest BCUT2D eigenvalue weighted by molar-refractivity contribution is 6.78. The van der Waals surface area contributed by atoms with Crippen molar-refractivity contribution in [3.05, 3.63) is 78.1 Å². The van der Waals surface area contributed by atoms with Crippen molar-refractivity contribution in [2.75, 3.05) is 0 Å². The van der Waals surface area contributed by atoms with E-state index in [-0.39, 0.29) is 11.2 Å². The molecule has 0 aliphatic heterocycles. The van der Waals surface area contributed by atoms with E-state index in [0.29, 0.717) is 18.8 Å². The minimum Gasteiger partial charge on any atom is -0.488 e. The van der Waals surface area contributed by atoms with Gasteiger partial charge in [0.05, 0.1) is 14.2 Å². The summed E-state index contributed by atoms with van der Waals surface area (Å²) >= 11 is 0. The number of aliphatic hydroxyl groups is 2. The van der Waals surface area contributed by atoms with Crippen molar-refractivity contribution < 1.29 is 19.3 Å². The fraction of sp³-hybridized carbons (Fsp3) is 0.417. The number of halogens is 1. The van der Waals surface area contributed by atoms with Gasteiger partial charge in [0.1, 0.15) is 18.2 Å². The minimum atomic E-state index is -2.13. The van der Waals surface area contributed by atoms with E-state index >= 15 is 0 Å². The van der Waals surface area contributed by atoms with E-state index < -0.39 is 19.9 Å². The second-order valence-electron chi connectivity index (χ2n) is 9.02. The topological polar surface area (TPSA) is 49.7 Å². The maximum absolute atomic E-state index is 14.0. The molecule has 0 aliphatic carbocycles. The van der Waals surface area contributed by atoms with Crippen LogP contribution in [0, 0.1) is 5.82 Å². The van der Waals surface area contributed by atoms with Gasteiger partial charge in [0.15, 0.2) is 0 Å². The van der Waals surface area contributed by atoms with E-state index in [1.807, 2.05) is 30.3 Å². The minimum absolute atomic E-state index is 0.291. The standard InChI is InChI=1S/C24H33FO3Si/c1-6-20(26)15-23(27)29(4,5)17-24(2,3)21-13-12-19(25)14-22(21)28-16-18-10-8-7-9-11-18/h6-14,20,23,26-27H,1,15-17H2,2-5H3. The molecule has 2 N–H and O–H groups in total. The van der Waals surface area contributed by atoms with Crippen molar-refractivity contribution in [3.8, 4) is 5.75 Å². The summed E-state index contributed by atoms with van der Waals surface area (Å²) in [5.74, 6) is 0.197. The number of rotatable bonds is 10. The third-order valence-electron chi connectivity index (χ3n) is 5.45. The second kappa shape index (κ2) is 9.70. The van der Waals surface area contributed by atoms with Crippen LogP contribution >= 0.6 is 0 Å². The van der Waals surface area contributed by atoms with Crippen molar-refractivity contribution in [1.29, 1.82) is 0 Å². The molecule has 0 heterocycles. The molecule has 2 aromatic carbocycles. The van der Waals surface area contributed by atoms with Gasteiger partial charge in [-0.15, -0.1) is 6.58 Å². The van der Waals surface area contributed by atoms with Gasteiger partial charge in [0.25, 0.3) is 0 Å². The summed E-state index contributed by atoms with van der Waals surface area (Å²) in [6.07, 6.45) is 1.03. The van der Waals surface area contributed by atoms with Gasteiger partial charge in [-0.1, -0.05) is 69.4 Å². The molecule has 158 valence electrons. The average molecular weight is 417 g/mol. The van der Waals surface area contributed by atoms with E-state index in [1.54, 1.807) is 6.07 Å². The molecule has 0 saturated carbocycles. The van der Waals surface area contributed by atoms with E-state index in [0.717, 1.165) is 17.2 Å². The van der Waals surface area contributed by atoms with Gasteiger partial charge < -0.3 is 14.9 Å². The van der Waals surface area contributed by atoms with Crippen LogP contribution in [0.2, 0.25) is 19.1 Å². The Hall–Kier alpha value is -1.95. The van der Waals surface area contributed by atoms with E-state index in [4.69, 9.17) is 4.74 Å². The highest BCUT2D eigenvalue weighted by Gasteiger charge is 2.39. The van der Waals surface area contributed by atoms with E-state index in [1.165, 1.54) is 18.2 Å². The Morgan fingerprint density at radius 3 is 2.41 bits per heavy atom. The smallest absolute Gasteiger partial charge is 0.126 e. The number of ether oxygens (including phenoxy) is 1. The Labute approximate surface area is 174 Å². The molecule has 0 aliphatic rings. The maximum atomic E-state index is 14.0. The molecule has 0 radical (unpaired) electrons. The summed E-state index contributed by atoms with van der Waals surface area (Å²) in [6.45, 7) is 12.4. The molecule has 2 unspecified atom stereocenters. The van der Waals surface area contributed by atoms with Gasteiger partial charge in [-0.3, -0.25) is 0 Å². The third-order valence-corrected chi connectivity index (χ3v) is 9.28. The third kappa shape index (κ3) is 6.52. The van der Waals surface area contributed by atoms with Crippen LogP contribution in [0.25, 0.3) is 0 Å². The highest BCUT2D eigenvalue weighted by atomic mass is 28.3. The molecule has 0 saturated heterocycles. The maximum Gasteiger partial charge on any atom is 0.126 e. The van der Waals surface area contributed by atoms with Crippen LogP contribution in [0.4, 0.5) is 4.39 Å². The molecular weight excluding hydrogens is 383 g/mol. The number of hydrogen-bond acceptors (Lipinski definition) is 3. The molecule has 29 heavy (non-hydrogen) atoms. The molecule has 2 atom stereocenters. The van der Waals surface area contributed by atoms with Crippen molar-refractivity contribution >= 4 is 8.07 Å². The van der Waals surface area contributed by atoms with Crippen LogP contribution in [0.1, 0.15) is 31.4 Å². The normalized spacial score (nSPS) is 14.3. The van der Waals surface area contributed by atoms with Crippen molar-refractivity contribution in [1.82, 2.24) is 0 Å². The molecule has 2 rings (SSSR count). The summed E-state index contributed by atoms with van der Waals surface area (Å²) in [5, 5.41) is 20.6. The average Bonchev–Trinajstić information content (AvgIpc) is 2.66. The fourth-order valence-electron chi connectivity index (χ4n) is 3.91. The lowest BCUT2D eigenvalue weighted by molar-refractivity contribution is 0.143. The van der Waals surface area contributed by atoms with Crippen LogP contribution in [0.15, 0.2) is 61.2 Å². The Kier molecular flexibility index (Phi) is 7.80. The van der Waals surface area contributed by atoms with Gasteiger partial charge in [0, 0.05) is 11.8 Å². The summed E-state index contributed by atoms with van der Waals surface area (Å²) < 4.78 is 20.0. The molecule has 0 bridgehead atoms. The molecule has 0 amide bonds. The molecule has 3 nitrogen and oxygen atoms in total. The van der Waals surface area contributed by atoms with Crippen molar-refractivity contribution in [2.24, 2.45) is 0 Å². The van der Waals surface area contributed by atoms with Crippen LogP contribution < -0.4 is 4.74 Å². The predicted octanol–water partition coefficient (Wildman–Crippen LogP) is 5.23. The zero-order valence-electron chi connectivity index (χ0n) is 17.9. The van der Waals surface area contributed by atoms with Crippen LogP contribution in [-0.4, -0.2) is 30.1 Å². The largest absolute Gasteiger partial charge is 0.488 e. The van der Waals surface area contributed by atoms with Gasteiger partial charge in [-0.25, -0.2) is 4.39 Å². The molecule has 0 aromatic heterocycles. The molecule has 0 spiro atoms. The van der Waals surface area contributed by atoms with Gasteiger partial charge in [-0.05, 0) is 35.1 Å². The Balaban J connectivity index is 2.23. The lowest BCUT2D eigenvalue weighted by Gasteiger charge is -2.38. The second-order valence-corrected chi connectivity index (χ2v) is 14.0. The lowest BCUT2D eigenvalue weighted by atomic mass is 9.86. The van der Waals surface area contributed by atoms with E-state index in [9.17, 15) is 14.6 Å². The zero-order chi connectivity index (χ0) is 21.7. The SMILES string of the molecule is C=CC(O)CC(O)[Si](C)(C)CC(C)(C)c1ccc(F)cc1OCc1ccccc1. The molecule has 5 heteroatoms. The van der Waals surface area contributed by atoms with E-state index in [2.05, 4.69) is 33.5 Å². The Morgan fingerprint density at radius 2 is 1.79 bits per heavy atom. The Morgan fingerprint density at radius 1 is 1.14 bits per heavy atom. The highest BCUT2D eigenvalue weighted by Crippen LogP contribution is 2.40. The Bertz CT molecular complexity index is 805. The molecule has 2 aromatic rings. The number of aliphatic hydroxyl groups excluding tert-OH is 2. The molecular formula is C24H33FO3Si. The van der Waals surface area contributed by atoms with Gasteiger partial charge in [-0.2, -0.15) is 0 Å². The predicted molar refractivity (Wildman–Crippen MR) is 119 cm³/mol. The first kappa shape index (κ1) is 23.3. The van der Waals surface area contributed by atoms with Crippen LogP contribution in [0.5, 0.6) is 5.75 Å². The summed E-state index contributed by atoms with van der Waals surface area (Å²) in [4.78, 5) is 0. The van der Waals surface area contributed by atoms with Crippen LogP contribution in [0.3, 0.4) is 0 Å². The van der Waals surface area contributed by atoms with Gasteiger partial charge >= 0.3 is 0 Å². The molecule has 0 fully saturated rings. The monoisotopic (exact) mass is 416 g/mol. The quantitative estimate of drug-likeness (QED) is 0.412.